The zero-order valence-electron chi connectivity index (χ0n) is 13.1. The van der Waals surface area contributed by atoms with Crippen LogP contribution in [0.15, 0.2) is 9.52 Å². The molecule has 0 amide bonds. The topological polar surface area (TPSA) is 84.6 Å². The lowest BCUT2D eigenvalue weighted by Crippen LogP contribution is -2.63. The molecule has 2 N–H and O–H groups in total. The van der Waals surface area contributed by atoms with E-state index in [0.717, 1.165) is 12.4 Å². The molecule has 1 heterocycles. The Balaban J connectivity index is 0.00000220. The number of hydrogen-bond donors (Lipinski definition) is 2. The predicted octanol–water partition coefficient (Wildman–Crippen LogP) is 1.47. The summed E-state index contributed by atoms with van der Waals surface area (Å²) < 4.78 is 10.5. The molecular weight excluding hydrogens is 385 g/mol. The van der Waals surface area contributed by atoms with E-state index >= 15 is 0 Å². The van der Waals surface area contributed by atoms with E-state index in [1.807, 2.05) is 0 Å². The van der Waals surface area contributed by atoms with E-state index in [-0.39, 0.29) is 35.5 Å². The largest absolute Gasteiger partial charge is 0.381 e. The van der Waals surface area contributed by atoms with E-state index in [9.17, 15) is 0 Å². The number of ether oxygens (including phenoxy) is 1. The number of rotatable bonds is 4. The summed E-state index contributed by atoms with van der Waals surface area (Å²) in [5.41, 5.74) is 0.0907. The Labute approximate surface area is 142 Å². The molecule has 1 aromatic rings. The smallest absolute Gasteiger partial charge is 0.246 e. The Morgan fingerprint density at radius 3 is 2.71 bits per heavy atom. The normalized spacial score (nSPS) is 24.0. The molecule has 0 saturated heterocycles. The maximum atomic E-state index is 5.45. The van der Waals surface area contributed by atoms with Crippen LogP contribution in [0.5, 0.6) is 0 Å². The van der Waals surface area contributed by atoms with Crippen LogP contribution < -0.4 is 10.6 Å². The van der Waals surface area contributed by atoms with Crippen molar-refractivity contribution in [1.82, 2.24) is 20.8 Å². The van der Waals surface area contributed by atoms with Crippen molar-refractivity contribution in [2.45, 2.75) is 45.9 Å². The van der Waals surface area contributed by atoms with E-state index in [4.69, 9.17) is 9.26 Å². The third-order valence-corrected chi connectivity index (χ3v) is 3.97. The number of aliphatic imine (C=N–C) groups is 1. The van der Waals surface area contributed by atoms with Gasteiger partial charge < -0.3 is 19.9 Å². The molecule has 1 aromatic heterocycles. The van der Waals surface area contributed by atoms with E-state index in [2.05, 4.69) is 39.6 Å². The molecule has 2 atom stereocenters. The highest BCUT2D eigenvalue weighted by atomic mass is 127. The summed E-state index contributed by atoms with van der Waals surface area (Å²) >= 11 is 0. The molecule has 21 heavy (non-hydrogen) atoms. The first-order valence-electron chi connectivity index (χ1n) is 6.76. The molecule has 0 aliphatic heterocycles. The fourth-order valence-electron chi connectivity index (χ4n) is 2.46. The second kappa shape index (κ2) is 7.39. The average Bonchev–Trinajstić information content (AvgIpc) is 2.83. The first-order valence-corrected chi connectivity index (χ1v) is 6.76. The van der Waals surface area contributed by atoms with Gasteiger partial charge >= 0.3 is 0 Å². The van der Waals surface area contributed by atoms with Gasteiger partial charge in [0.15, 0.2) is 11.8 Å². The van der Waals surface area contributed by atoms with Crippen LogP contribution in [0.25, 0.3) is 0 Å². The molecule has 0 bridgehead atoms. The van der Waals surface area contributed by atoms with Gasteiger partial charge in [-0.05, 0) is 13.3 Å². The molecule has 1 aliphatic carbocycles. The molecule has 1 aliphatic rings. The third kappa shape index (κ3) is 4.06. The number of halogens is 1. The number of guanidine groups is 1. The zero-order valence-corrected chi connectivity index (χ0v) is 15.5. The van der Waals surface area contributed by atoms with Crippen molar-refractivity contribution in [3.63, 3.8) is 0 Å². The lowest BCUT2D eigenvalue weighted by molar-refractivity contribution is -0.0922. The Morgan fingerprint density at radius 1 is 1.52 bits per heavy atom. The number of hydrogen-bond acceptors (Lipinski definition) is 5. The van der Waals surface area contributed by atoms with Gasteiger partial charge in [0.05, 0.1) is 12.6 Å². The standard InChI is InChI=1S/C13H23N5O2.HI/c1-8-16-11(20-18-8)7-15-12(14-4)17-9-6-10(19-5)13(9,2)3;/h9-10H,6-7H2,1-5H3,(H2,14,15,17);1H. The van der Waals surface area contributed by atoms with Crippen LogP contribution in [0.4, 0.5) is 0 Å². The quantitative estimate of drug-likeness (QED) is 0.445. The monoisotopic (exact) mass is 409 g/mol. The number of nitrogens with one attached hydrogen (secondary N) is 2. The minimum Gasteiger partial charge on any atom is -0.381 e. The molecule has 0 aromatic carbocycles. The van der Waals surface area contributed by atoms with Crippen LogP contribution in [0.1, 0.15) is 32.0 Å². The first-order chi connectivity index (χ1) is 9.47. The van der Waals surface area contributed by atoms with Crippen molar-refractivity contribution in [2.24, 2.45) is 10.4 Å². The molecule has 8 heteroatoms. The SMILES string of the molecule is CN=C(NCc1nc(C)no1)NC1CC(OC)C1(C)C.I. The highest BCUT2D eigenvalue weighted by molar-refractivity contribution is 14.0. The van der Waals surface area contributed by atoms with Gasteiger partial charge in [-0.1, -0.05) is 19.0 Å². The van der Waals surface area contributed by atoms with Crippen LogP contribution in [0.3, 0.4) is 0 Å². The Morgan fingerprint density at radius 2 is 2.24 bits per heavy atom. The van der Waals surface area contributed by atoms with Crippen molar-refractivity contribution < 1.29 is 9.26 Å². The second-order valence-electron chi connectivity index (χ2n) is 5.64. The fraction of sp³-hybridized carbons (Fsp3) is 0.769. The summed E-state index contributed by atoms with van der Waals surface area (Å²) in [6.07, 6.45) is 1.26. The van der Waals surface area contributed by atoms with Gasteiger partial charge in [-0.25, -0.2) is 0 Å². The fourth-order valence-corrected chi connectivity index (χ4v) is 2.46. The van der Waals surface area contributed by atoms with Crippen LogP contribution in [0, 0.1) is 12.3 Å². The van der Waals surface area contributed by atoms with Gasteiger partial charge in [0.1, 0.15) is 0 Å². The number of nitrogens with zero attached hydrogens (tertiary/aromatic N) is 3. The average molecular weight is 409 g/mol. The lowest BCUT2D eigenvalue weighted by Gasteiger charge is -2.51. The molecule has 0 radical (unpaired) electrons. The summed E-state index contributed by atoms with van der Waals surface area (Å²) in [5, 5.41) is 10.3. The van der Waals surface area contributed by atoms with Crippen LogP contribution >= 0.6 is 24.0 Å². The van der Waals surface area contributed by atoms with Crippen LogP contribution in [0.2, 0.25) is 0 Å². The van der Waals surface area contributed by atoms with Gasteiger partial charge in [0, 0.05) is 25.6 Å². The maximum Gasteiger partial charge on any atom is 0.246 e. The Kier molecular flexibility index (Phi) is 6.39. The molecule has 120 valence electrons. The Hall–Kier alpha value is -0.900. The molecule has 2 unspecified atom stereocenters. The van der Waals surface area contributed by atoms with Crippen molar-refractivity contribution in [3.8, 4) is 0 Å². The maximum absolute atomic E-state index is 5.45. The lowest BCUT2D eigenvalue weighted by atomic mass is 9.64. The molecule has 2 rings (SSSR count). The van der Waals surface area contributed by atoms with E-state index in [1.165, 1.54) is 0 Å². The number of methoxy groups -OCH3 is 1. The summed E-state index contributed by atoms with van der Waals surface area (Å²) in [6, 6.07) is 0.336. The highest BCUT2D eigenvalue weighted by Crippen LogP contribution is 2.42. The van der Waals surface area contributed by atoms with Crippen LogP contribution in [-0.4, -0.2) is 42.4 Å². The predicted molar refractivity (Wildman–Crippen MR) is 90.8 cm³/mol. The zero-order chi connectivity index (χ0) is 14.8. The van der Waals surface area contributed by atoms with Crippen molar-refractivity contribution >= 4 is 29.9 Å². The Bertz CT molecular complexity index is 489. The van der Waals surface area contributed by atoms with Crippen molar-refractivity contribution in [2.75, 3.05) is 14.2 Å². The molecule has 0 spiro atoms. The van der Waals surface area contributed by atoms with E-state index < -0.39 is 0 Å². The van der Waals surface area contributed by atoms with Crippen molar-refractivity contribution in [3.05, 3.63) is 11.7 Å². The highest BCUT2D eigenvalue weighted by Gasteiger charge is 2.48. The van der Waals surface area contributed by atoms with Gasteiger partial charge in [-0.15, -0.1) is 24.0 Å². The summed E-state index contributed by atoms with van der Waals surface area (Å²) in [7, 11) is 3.50. The minimum absolute atomic E-state index is 0. The molecular formula is C13H24IN5O2. The summed E-state index contributed by atoms with van der Waals surface area (Å²) in [5.74, 6) is 1.91. The summed E-state index contributed by atoms with van der Waals surface area (Å²) in [6.45, 7) is 6.64. The first kappa shape index (κ1) is 18.1. The van der Waals surface area contributed by atoms with Gasteiger partial charge in [-0.3, -0.25) is 4.99 Å². The van der Waals surface area contributed by atoms with Crippen molar-refractivity contribution in [1.29, 1.82) is 0 Å². The van der Waals surface area contributed by atoms with Crippen LogP contribution in [-0.2, 0) is 11.3 Å². The second-order valence-corrected chi connectivity index (χ2v) is 5.64. The molecule has 1 fully saturated rings. The van der Waals surface area contributed by atoms with Gasteiger partial charge in [-0.2, -0.15) is 4.98 Å². The number of aryl methyl sites for hydroxylation is 1. The number of aromatic nitrogens is 2. The van der Waals surface area contributed by atoms with Gasteiger partial charge in [0.2, 0.25) is 5.89 Å². The van der Waals surface area contributed by atoms with E-state index in [1.54, 1.807) is 21.1 Å². The van der Waals surface area contributed by atoms with Gasteiger partial charge in [0.25, 0.3) is 0 Å². The third-order valence-electron chi connectivity index (χ3n) is 3.97. The molecule has 1 saturated carbocycles. The molecule has 7 nitrogen and oxygen atoms in total. The van der Waals surface area contributed by atoms with E-state index in [0.29, 0.717) is 24.3 Å². The minimum atomic E-state index is 0. The summed E-state index contributed by atoms with van der Waals surface area (Å²) in [4.78, 5) is 8.35.